The second-order valence-corrected chi connectivity index (χ2v) is 4.96. The number of carbonyl (C=O) groups is 2. The number of halogens is 1. The smallest absolute Gasteiger partial charge is 0.306 e. The van der Waals surface area contributed by atoms with E-state index in [9.17, 15) is 9.59 Å². The van der Waals surface area contributed by atoms with E-state index in [1.807, 2.05) is 0 Å². The van der Waals surface area contributed by atoms with E-state index in [1.54, 1.807) is 0 Å². The minimum Gasteiger partial charge on any atom is -0.481 e. The molecule has 1 heterocycles. The van der Waals surface area contributed by atoms with Gasteiger partial charge in [-0.1, -0.05) is 18.0 Å². The first kappa shape index (κ1) is 13.7. The monoisotopic (exact) mass is 283 g/mol. The van der Waals surface area contributed by atoms with Crippen LogP contribution in [0.15, 0.2) is 12.4 Å². The minimum atomic E-state index is -0.789. The Hall–Kier alpha value is -1.69. The van der Waals surface area contributed by atoms with Crippen molar-refractivity contribution in [1.82, 2.24) is 15.3 Å². The van der Waals surface area contributed by atoms with Gasteiger partial charge in [0.05, 0.1) is 18.3 Å². The molecule has 0 aliphatic heterocycles. The number of hydrogen-bond acceptors (Lipinski definition) is 4. The molecule has 0 bridgehead atoms. The molecule has 1 saturated carbocycles. The number of rotatable bonds is 4. The van der Waals surface area contributed by atoms with Gasteiger partial charge in [-0.15, -0.1) is 0 Å². The highest BCUT2D eigenvalue weighted by molar-refractivity contribution is 6.29. The Morgan fingerprint density at radius 3 is 2.79 bits per heavy atom. The summed E-state index contributed by atoms with van der Waals surface area (Å²) in [5, 5.41) is 12.0. The molecule has 102 valence electrons. The lowest BCUT2D eigenvalue weighted by Crippen LogP contribution is -2.33. The highest BCUT2D eigenvalue weighted by atomic mass is 35.5. The van der Waals surface area contributed by atoms with Crippen LogP contribution < -0.4 is 5.32 Å². The fourth-order valence-corrected chi connectivity index (χ4v) is 2.45. The molecule has 1 aliphatic carbocycles. The molecule has 2 N–H and O–H groups in total. The number of aromatic nitrogens is 2. The van der Waals surface area contributed by atoms with Gasteiger partial charge in [-0.05, 0) is 18.8 Å². The standard InChI is InChI=1S/C12H14ClN3O3/c13-10-6-14-9(5-15-10)11(17)16-4-7-2-1-3-8(7)12(18)19/h5-8H,1-4H2,(H,16,17)(H,18,19). The van der Waals surface area contributed by atoms with E-state index in [0.29, 0.717) is 13.0 Å². The Labute approximate surface area is 115 Å². The fourth-order valence-electron chi connectivity index (χ4n) is 2.35. The largest absolute Gasteiger partial charge is 0.481 e. The number of hydrogen-bond donors (Lipinski definition) is 2. The molecule has 0 spiro atoms. The molecule has 0 radical (unpaired) electrons. The molecule has 1 aromatic rings. The molecular weight excluding hydrogens is 270 g/mol. The van der Waals surface area contributed by atoms with E-state index in [4.69, 9.17) is 16.7 Å². The van der Waals surface area contributed by atoms with Crippen LogP contribution in [0.25, 0.3) is 0 Å². The number of carbonyl (C=O) groups excluding carboxylic acids is 1. The summed E-state index contributed by atoms with van der Waals surface area (Å²) in [4.78, 5) is 30.4. The summed E-state index contributed by atoms with van der Waals surface area (Å²) in [7, 11) is 0. The molecular formula is C12H14ClN3O3. The van der Waals surface area contributed by atoms with E-state index in [1.165, 1.54) is 12.4 Å². The Morgan fingerprint density at radius 2 is 2.16 bits per heavy atom. The fraction of sp³-hybridized carbons (Fsp3) is 0.500. The van der Waals surface area contributed by atoms with Gasteiger partial charge in [0.2, 0.25) is 0 Å². The Kier molecular flexibility index (Phi) is 4.31. The molecule has 7 heteroatoms. The van der Waals surface area contributed by atoms with Gasteiger partial charge >= 0.3 is 5.97 Å². The van der Waals surface area contributed by atoms with Crippen molar-refractivity contribution in [1.29, 1.82) is 0 Å². The first-order valence-corrected chi connectivity index (χ1v) is 6.44. The van der Waals surface area contributed by atoms with Gasteiger partial charge < -0.3 is 10.4 Å². The second-order valence-electron chi connectivity index (χ2n) is 4.57. The predicted molar refractivity (Wildman–Crippen MR) is 67.8 cm³/mol. The Bertz CT molecular complexity index is 478. The average molecular weight is 284 g/mol. The van der Waals surface area contributed by atoms with Crippen LogP contribution >= 0.6 is 11.6 Å². The number of nitrogens with zero attached hydrogens (tertiary/aromatic N) is 2. The average Bonchev–Trinajstić information content (AvgIpc) is 2.85. The molecule has 1 aliphatic rings. The summed E-state index contributed by atoms with van der Waals surface area (Å²) in [6, 6.07) is 0. The predicted octanol–water partition coefficient (Wildman–Crippen LogP) is 1.36. The summed E-state index contributed by atoms with van der Waals surface area (Å²) >= 11 is 5.58. The molecule has 1 aromatic heterocycles. The van der Waals surface area contributed by atoms with E-state index >= 15 is 0 Å². The molecule has 2 atom stereocenters. The molecule has 19 heavy (non-hydrogen) atoms. The van der Waals surface area contributed by atoms with Crippen molar-refractivity contribution in [2.75, 3.05) is 6.54 Å². The maximum atomic E-state index is 11.8. The van der Waals surface area contributed by atoms with Gasteiger partial charge in [0.25, 0.3) is 5.91 Å². The minimum absolute atomic E-state index is 0.0123. The van der Waals surface area contributed by atoms with Gasteiger partial charge in [-0.3, -0.25) is 9.59 Å². The first-order chi connectivity index (χ1) is 9.08. The van der Waals surface area contributed by atoms with Crippen molar-refractivity contribution >= 4 is 23.5 Å². The lowest BCUT2D eigenvalue weighted by molar-refractivity contribution is -0.142. The van der Waals surface area contributed by atoms with Crippen LogP contribution in [0.3, 0.4) is 0 Å². The van der Waals surface area contributed by atoms with Crippen molar-refractivity contribution in [3.8, 4) is 0 Å². The SMILES string of the molecule is O=C(NCC1CCCC1C(=O)O)c1cnc(Cl)cn1. The van der Waals surface area contributed by atoms with Gasteiger partial charge in [-0.25, -0.2) is 9.97 Å². The summed E-state index contributed by atoms with van der Waals surface area (Å²) in [6.45, 7) is 0.347. The molecule has 0 saturated heterocycles. The zero-order chi connectivity index (χ0) is 13.8. The van der Waals surface area contributed by atoms with Crippen LogP contribution in [0.5, 0.6) is 0 Å². The normalized spacial score (nSPS) is 22.2. The molecule has 1 amide bonds. The zero-order valence-electron chi connectivity index (χ0n) is 10.2. The van der Waals surface area contributed by atoms with Crippen molar-refractivity contribution in [3.63, 3.8) is 0 Å². The summed E-state index contributed by atoms with van der Waals surface area (Å²) in [5.41, 5.74) is 0.175. The van der Waals surface area contributed by atoms with Crippen LogP contribution in [-0.2, 0) is 4.79 Å². The molecule has 2 rings (SSSR count). The summed E-state index contributed by atoms with van der Waals surface area (Å²) in [5.74, 6) is -1.53. The quantitative estimate of drug-likeness (QED) is 0.870. The third-order valence-electron chi connectivity index (χ3n) is 3.35. The number of carboxylic acid groups (broad SMARTS) is 1. The van der Waals surface area contributed by atoms with E-state index < -0.39 is 5.97 Å². The molecule has 2 unspecified atom stereocenters. The Morgan fingerprint density at radius 1 is 1.37 bits per heavy atom. The van der Waals surface area contributed by atoms with Crippen LogP contribution in [0, 0.1) is 11.8 Å². The van der Waals surface area contributed by atoms with Gasteiger partial charge in [0.1, 0.15) is 10.8 Å². The van der Waals surface area contributed by atoms with E-state index in [2.05, 4.69) is 15.3 Å². The van der Waals surface area contributed by atoms with Crippen molar-refractivity contribution in [2.45, 2.75) is 19.3 Å². The summed E-state index contributed by atoms with van der Waals surface area (Å²) < 4.78 is 0. The number of carboxylic acids is 1. The molecule has 6 nitrogen and oxygen atoms in total. The van der Waals surface area contributed by atoms with Crippen molar-refractivity contribution in [2.24, 2.45) is 11.8 Å². The lowest BCUT2D eigenvalue weighted by Gasteiger charge is -2.15. The summed E-state index contributed by atoms with van der Waals surface area (Å²) in [6.07, 6.45) is 4.98. The third kappa shape index (κ3) is 3.41. The number of amides is 1. The van der Waals surface area contributed by atoms with E-state index in [-0.39, 0.29) is 28.6 Å². The van der Waals surface area contributed by atoms with E-state index in [0.717, 1.165) is 12.8 Å². The van der Waals surface area contributed by atoms with Gasteiger partial charge in [0.15, 0.2) is 0 Å². The number of nitrogens with one attached hydrogen (secondary N) is 1. The maximum Gasteiger partial charge on any atom is 0.306 e. The van der Waals surface area contributed by atoms with Crippen LogP contribution in [-0.4, -0.2) is 33.5 Å². The molecule has 1 fully saturated rings. The maximum absolute atomic E-state index is 11.8. The van der Waals surface area contributed by atoms with Crippen LogP contribution in [0.4, 0.5) is 0 Å². The number of aliphatic carboxylic acids is 1. The van der Waals surface area contributed by atoms with Crippen molar-refractivity contribution in [3.05, 3.63) is 23.2 Å². The van der Waals surface area contributed by atoms with Gasteiger partial charge in [0, 0.05) is 6.54 Å². The third-order valence-corrected chi connectivity index (χ3v) is 3.55. The van der Waals surface area contributed by atoms with Gasteiger partial charge in [-0.2, -0.15) is 0 Å². The first-order valence-electron chi connectivity index (χ1n) is 6.06. The molecule has 0 aromatic carbocycles. The Balaban J connectivity index is 1.90. The highest BCUT2D eigenvalue weighted by Crippen LogP contribution is 2.31. The second kappa shape index (κ2) is 5.97. The van der Waals surface area contributed by atoms with Crippen LogP contribution in [0.1, 0.15) is 29.8 Å². The van der Waals surface area contributed by atoms with Crippen molar-refractivity contribution < 1.29 is 14.7 Å². The zero-order valence-corrected chi connectivity index (χ0v) is 10.9. The van der Waals surface area contributed by atoms with Crippen LogP contribution in [0.2, 0.25) is 5.15 Å². The lowest BCUT2D eigenvalue weighted by atomic mass is 9.96. The highest BCUT2D eigenvalue weighted by Gasteiger charge is 2.32. The topological polar surface area (TPSA) is 92.2 Å².